The maximum atomic E-state index is 11.9. The molecule has 0 aliphatic heterocycles. The Hall–Kier alpha value is -4.23. The second kappa shape index (κ2) is 10.6. The number of aromatic nitrogens is 2. The summed E-state index contributed by atoms with van der Waals surface area (Å²) in [4.78, 5) is 22.2. The normalized spacial score (nSPS) is 11.6. The van der Waals surface area contributed by atoms with Crippen LogP contribution in [-0.4, -0.2) is 32.2 Å². The first-order valence-electron chi connectivity index (χ1n) is 10.9. The summed E-state index contributed by atoms with van der Waals surface area (Å²) in [5, 5.41) is 20.0. The maximum Gasteiger partial charge on any atom is 0.326 e. The van der Waals surface area contributed by atoms with Crippen LogP contribution in [0.2, 0.25) is 0 Å². The van der Waals surface area contributed by atoms with Gasteiger partial charge in [0.05, 0.1) is 12.3 Å². The van der Waals surface area contributed by atoms with E-state index in [-0.39, 0.29) is 6.61 Å². The number of ether oxygens (including phenoxy) is 1. The zero-order valence-electron chi connectivity index (χ0n) is 18.7. The molecule has 0 aliphatic carbocycles. The Morgan fingerprint density at radius 3 is 2.21 bits per heavy atom. The number of aliphatic carboxylic acids is 1. The highest BCUT2D eigenvalue weighted by molar-refractivity contribution is 5.83. The molecule has 2 N–H and O–H groups in total. The Kier molecular flexibility index (Phi) is 7.15. The van der Waals surface area contributed by atoms with Gasteiger partial charge in [0.15, 0.2) is 0 Å². The highest BCUT2D eigenvalue weighted by atomic mass is 16.5. The van der Waals surface area contributed by atoms with Crippen molar-refractivity contribution in [2.24, 2.45) is 0 Å². The smallest absolute Gasteiger partial charge is 0.326 e. The zero-order valence-corrected chi connectivity index (χ0v) is 18.7. The van der Waals surface area contributed by atoms with Gasteiger partial charge in [-0.1, -0.05) is 48.5 Å². The molecular formula is C27H25N3O4. The van der Waals surface area contributed by atoms with Gasteiger partial charge < -0.3 is 19.8 Å². The molecule has 1 aromatic heterocycles. The standard InChI is InChI=1S/C27H25N3O4/c1-19(27(32)33)30(22-10-6-3-7-11-22)26-24(16-31)25(28-18-29-26)21-12-14-23(15-13-21)34-17-20-8-4-2-5-9-20/h2-15,18-19,31H,16-17H2,1H3,(H,32,33)/t19-/m0/s1. The quantitative estimate of drug-likeness (QED) is 0.373. The van der Waals surface area contributed by atoms with Gasteiger partial charge in [0.1, 0.15) is 30.5 Å². The molecule has 0 radical (unpaired) electrons. The molecule has 1 atom stereocenters. The molecule has 0 saturated carbocycles. The van der Waals surface area contributed by atoms with Crippen molar-refractivity contribution in [1.29, 1.82) is 0 Å². The summed E-state index contributed by atoms with van der Waals surface area (Å²) < 4.78 is 5.86. The van der Waals surface area contributed by atoms with E-state index < -0.39 is 12.0 Å². The van der Waals surface area contributed by atoms with E-state index in [1.165, 1.54) is 6.33 Å². The van der Waals surface area contributed by atoms with E-state index in [0.29, 0.717) is 35.1 Å². The third-order valence-electron chi connectivity index (χ3n) is 5.46. The molecule has 4 aromatic rings. The minimum Gasteiger partial charge on any atom is -0.489 e. The monoisotopic (exact) mass is 455 g/mol. The second-order valence-corrected chi connectivity index (χ2v) is 7.70. The highest BCUT2D eigenvalue weighted by Gasteiger charge is 2.27. The van der Waals surface area contributed by atoms with Crippen LogP contribution in [-0.2, 0) is 18.0 Å². The van der Waals surface area contributed by atoms with Crippen LogP contribution in [0.3, 0.4) is 0 Å². The van der Waals surface area contributed by atoms with Crippen LogP contribution in [0.5, 0.6) is 5.75 Å². The molecule has 0 unspecified atom stereocenters. The van der Waals surface area contributed by atoms with Crippen molar-refractivity contribution in [3.63, 3.8) is 0 Å². The van der Waals surface area contributed by atoms with Crippen LogP contribution in [0.1, 0.15) is 18.1 Å². The van der Waals surface area contributed by atoms with E-state index in [4.69, 9.17) is 4.74 Å². The van der Waals surface area contributed by atoms with Crippen LogP contribution in [0.15, 0.2) is 91.3 Å². The van der Waals surface area contributed by atoms with E-state index in [1.807, 2.05) is 72.8 Å². The predicted molar refractivity (Wildman–Crippen MR) is 130 cm³/mol. The lowest BCUT2D eigenvalue weighted by Crippen LogP contribution is -2.36. The maximum absolute atomic E-state index is 11.9. The van der Waals surface area contributed by atoms with Gasteiger partial charge in [0, 0.05) is 16.8 Å². The number of carboxylic acid groups (broad SMARTS) is 1. The van der Waals surface area contributed by atoms with Gasteiger partial charge in [0.25, 0.3) is 0 Å². The largest absolute Gasteiger partial charge is 0.489 e. The molecule has 1 heterocycles. The van der Waals surface area contributed by atoms with Gasteiger partial charge in [-0.3, -0.25) is 0 Å². The van der Waals surface area contributed by atoms with Crippen molar-refractivity contribution in [3.05, 3.63) is 102 Å². The molecule has 3 aromatic carbocycles. The first kappa shape index (κ1) is 22.9. The number of carboxylic acids is 1. The molecule has 7 heteroatoms. The average molecular weight is 456 g/mol. The number of aliphatic hydroxyl groups excluding tert-OH is 1. The molecule has 0 bridgehead atoms. The molecule has 34 heavy (non-hydrogen) atoms. The van der Waals surface area contributed by atoms with Crippen molar-refractivity contribution < 1.29 is 19.7 Å². The lowest BCUT2D eigenvalue weighted by atomic mass is 10.0. The van der Waals surface area contributed by atoms with Crippen molar-refractivity contribution in [1.82, 2.24) is 9.97 Å². The third-order valence-corrected chi connectivity index (χ3v) is 5.46. The molecule has 4 rings (SSSR count). The Morgan fingerprint density at radius 2 is 1.59 bits per heavy atom. The molecule has 0 saturated heterocycles. The molecule has 0 aliphatic rings. The lowest BCUT2D eigenvalue weighted by Gasteiger charge is -2.29. The minimum atomic E-state index is -1.01. The molecule has 0 fully saturated rings. The summed E-state index contributed by atoms with van der Waals surface area (Å²) in [6, 6.07) is 25.5. The zero-order chi connectivity index (χ0) is 23.9. The van der Waals surface area contributed by atoms with Gasteiger partial charge in [0.2, 0.25) is 0 Å². The topological polar surface area (TPSA) is 95.8 Å². The van der Waals surface area contributed by atoms with E-state index in [1.54, 1.807) is 24.0 Å². The van der Waals surface area contributed by atoms with Crippen molar-refractivity contribution in [2.75, 3.05) is 4.90 Å². The lowest BCUT2D eigenvalue weighted by molar-refractivity contribution is -0.138. The van der Waals surface area contributed by atoms with Crippen LogP contribution >= 0.6 is 0 Å². The Labute approximate surface area is 197 Å². The number of rotatable bonds is 9. The van der Waals surface area contributed by atoms with E-state index >= 15 is 0 Å². The van der Waals surface area contributed by atoms with Crippen molar-refractivity contribution >= 4 is 17.5 Å². The fraction of sp³-hybridized carbons (Fsp3) is 0.148. The number of hydrogen-bond donors (Lipinski definition) is 2. The summed E-state index contributed by atoms with van der Waals surface area (Å²) in [6.07, 6.45) is 1.38. The fourth-order valence-corrected chi connectivity index (χ4v) is 3.68. The third kappa shape index (κ3) is 5.05. The molecule has 7 nitrogen and oxygen atoms in total. The summed E-state index contributed by atoms with van der Waals surface area (Å²) in [5.41, 5.74) is 3.46. The molecule has 172 valence electrons. The summed E-state index contributed by atoms with van der Waals surface area (Å²) in [6.45, 7) is 1.68. The number of carbonyl (C=O) groups is 1. The van der Waals surface area contributed by atoms with Crippen LogP contribution in [0.4, 0.5) is 11.5 Å². The second-order valence-electron chi connectivity index (χ2n) is 7.70. The molecule has 0 amide bonds. The minimum absolute atomic E-state index is 0.345. The van der Waals surface area contributed by atoms with Gasteiger partial charge in [-0.05, 0) is 48.9 Å². The Bertz CT molecular complexity index is 1230. The molecular weight excluding hydrogens is 430 g/mol. The number of para-hydroxylation sites is 1. The predicted octanol–water partition coefficient (Wildman–Crippen LogP) is 4.83. The number of hydrogen-bond acceptors (Lipinski definition) is 6. The Morgan fingerprint density at radius 1 is 0.941 bits per heavy atom. The van der Waals surface area contributed by atoms with Crippen LogP contribution < -0.4 is 9.64 Å². The van der Waals surface area contributed by atoms with Gasteiger partial charge in [-0.15, -0.1) is 0 Å². The first-order chi connectivity index (χ1) is 16.6. The van der Waals surface area contributed by atoms with Crippen LogP contribution in [0.25, 0.3) is 11.3 Å². The average Bonchev–Trinajstić information content (AvgIpc) is 2.89. The number of aliphatic hydroxyl groups is 1. The molecule has 0 spiro atoms. The fourth-order valence-electron chi connectivity index (χ4n) is 3.68. The summed E-state index contributed by atoms with van der Waals surface area (Å²) >= 11 is 0. The first-order valence-corrected chi connectivity index (χ1v) is 10.9. The van der Waals surface area contributed by atoms with Crippen molar-refractivity contribution in [3.8, 4) is 17.0 Å². The van der Waals surface area contributed by atoms with E-state index in [0.717, 1.165) is 11.1 Å². The highest BCUT2D eigenvalue weighted by Crippen LogP contribution is 2.34. The van der Waals surface area contributed by atoms with Gasteiger partial charge in [-0.25, -0.2) is 14.8 Å². The SMILES string of the molecule is C[C@@H](C(=O)O)N(c1ccccc1)c1ncnc(-c2ccc(OCc3ccccc3)cc2)c1CO. The summed E-state index contributed by atoms with van der Waals surface area (Å²) in [5.74, 6) is 0.0451. The van der Waals surface area contributed by atoms with Gasteiger partial charge >= 0.3 is 5.97 Å². The number of benzene rings is 3. The van der Waals surface area contributed by atoms with Gasteiger partial charge in [-0.2, -0.15) is 0 Å². The van der Waals surface area contributed by atoms with Crippen molar-refractivity contribution in [2.45, 2.75) is 26.2 Å². The summed E-state index contributed by atoms with van der Waals surface area (Å²) in [7, 11) is 0. The number of nitrogens with zero attached hydrogens (tertiary/aromatic N) is 3. The van der Waals surface area contributed by atoms with E-state index in [2.05, 4.69) is 9.97 Å². The van der Waals surface area contributed by atoms with Crippen LogP contribution in [0, 0.1) is 0 Å². The Balaban J connectivity index is 1.66. The van der Waals surface area contributed by atoms with E-state index in [9.17, 15) is 15.0 Å². The number of anilines is 2.